The lowest BCUT2D eigenvalue weighted by molar-refractivity contribution is 0.0319. The molecule has 3 aromatic carbocycles. The summed E-state index contributed by atoms with van der Waals surface area (Å²) < 4.78 is 16.9. The van der Waals surface area contributed by atoms with Gasteiger partial charge in [-0.15, -0.1) is 0 Å². The molecule has 1 atom stereocenters. The zero-order valence-electron chi connectivity index (χ0n) is 24.3. The highest BCUT2D eigenvalue weighted by Gasteiger charge is 2.14. The first kappa shape index (κ1) is 30.9. The van der Waals surface area contributed by atoms with Crippen LogP contribution in [0.1, 0.15) is 106 Å². The van der Waals surface area contributed by atoms with Gasteiger partial charge in [-0.2, -0.15) is 0 Å². The van der Waals surface area contributed by atoms with Crippen molar-refractivity contribution in [2.24, 2.45) is 0 Å². The van der Waals surface area contributed by atoms with E-state index in [0.717, 1.165) is 55.6 Å². The van der Waals surface area contributed by atoms with Gasteiger partial charge in [0.05, 0.1) is 23.8 Å². The molecule has 0 aliphatic rings. The van der Waals surface area contributed by atoms with Crippen LogP contribution in [0.15, 0.2) is 72.8 Å². The molecule has 40 heavy (non-hydrogen) atoms. The maximum Gasteiger partial charge on any atom is 0.343 e. The lowest BCUT2D eigenvalue weighted by Gasteiger charge is -2.13. The second-order valence-corrected chi connectivity index (χ2v) is 10.3. The molecular weight excluding hydrogens is 500 g/mol. The maximum atomic E-state index is 12.7. The van der Waals surface area contributed by atoms with E-state index in [9.17, 15) is 9.59 Å². The molecule has 3 aromatic rings. The SMILES string of the molecule is CCCCCCCCOc1ccc(-c2ccc(C(=O)Oc3ccc(C(=O)O[C@@H](C)CCCCC)cc3)cc2)cc1. The standard InChI is InChI=1S/C35H44O5/c1-4-6-8-9-10-12-26-38-32-22-18-29(19-23-32)28-14-16-30(17-15-28)35(37)40-33-24-20-31(21-25-33)34(36)39-27(3)13-11-7-5-2/h14-25,27H,4-13,26H2,1-3H3/t27-/m0/s1. The maximum absolute atomic E-state index is 12.7. The van der Waals surface area contributed by atoms with Crippen molar-refractivity contribution in [3.63, 3.8) is 0 Å². The first-order valence-corrected chi connectivity index (χ1v) is 14.9. The zero-order valence-corrected chi connectivity index (χ0v) is 24.3. The highest BCUT2D eigenvalue weighted by atomic mass is 16.5. The molecule has 0 N–H and O–H groups in total. The molecule has 0 spiro atoms. The summed E-state index contributed by atoms with van der Waals surface area (Å²) in [5, 5.41) is 0. The van der Waals surface area contributed by atoms with Crippen LogP contribution in [0.25, 0.3) is 11.1 Å². The summed E-state index contributed by atoms with van der Waals surface area (Å²) in [6.07, 6.45) is 11.5. The third kappa shape index (κ3) is 10.5. The lowest BCUT2D eigenvalue weighted by atomic mass is 10.0. The van der Waals surface area contributed by atoms with E-state index in [-0.39, 0.29) is 12.1 Å². The van der Waals surface area contributed by atoms with E-state index < -0.39 is 5.97 Å². The van der Waals surface area contributed by atoms with Gasteiger partial charge in [-0.05, 0) is 85.8 Å². The van der Waals surface area contributed by atoms with Gasteiger partial charge in [-0.3, -0.25) is 0 Å². The quantitative estimate of drug-likeness (QED) is 0.0962. The number of benzene rings is 3. The molecule has 0 bridgehead atoms. The summed E-state index contributed by atoms with van der Waals surface area (Å²) in [7, 11) is 0. The molecule has 0 saturated heterocycles. The largest absolute Gasteiger partial charge is 0.494 e. The minimum atomic E-state index is -0.454. The number of hydrogen-bond donors (Lipinski definition) is 0. The molecule has 5 heteroatoms. The van der Waals surface area contributed by atoms with Gasteiger partial charge in [0.1, 0.15) is 11.5 Å². The molecule has 0 saturated carbocycles. The van der Waals surface area contributed by atoms with E-state index in [1.165, 1.54) is 32.1 Å². The van der Waals surface area contributed by atoms with Crippen molar-refractivity contribution >= 4 is 11.9 Å². The van der Waals surface area contributed by atoms with Crippen LogP contribution in [-0.2, 0) is 4.74 Å². The summed E-state index contributed by atoms with van der Waals surface area (Å²) >= 11 is 0. The summed E-state index contributed by atoms with van der Waals surface area (Å²) in [4.78, 5) is 25.0. The molecule has 0 radical (unpaired) electrons. The fourth-order valence-electron chi connectivity index (χ4n) is 4.43. The molecular formula is C35H44O5. The number of unbranched alkanes of at least 4 members (excludes halogenated alkanes) is 7. The van der Waals surface area contributed by atoms with Gasteiger partial charge in [-0.25, -0.2) is 9.59 Å². The van der Waals surface area contributed by atoms with Gasteiger partial charge in [-0.1, -0.05) is 83.1 Å². The summed E-state index contributed by atoms with van der Waals surface area (Å²) in [5.41, 5.74) is 2.94. The lowest BCUT2D eigenvalue weighted by Crippen LogP contribution is -2.15. The average Bonchev–Trinajstić information content (AvgIpc) is 2.97. The second kappa shape index (κ2) is 17.2. The monoisotopic (exact) mass is 544 g/mol. The third-order valence-electron chi connectivity index (χ3n) is 6.90. The zero-order chi connectivity index (χ0) is 28.6. The Morgan fingerprint density at radius 1 is 0.600 bits per heavy atom. The van der Waals surface area contributed by atoms with E-state index in [4.69, 9.17) is 14.2 Å². The Balaban J connectivity index is 1.46. The predicted octanol–water partition coefficient (Wildman–Crippen LogP) is 9.44. The summed E-state index contributed by atoms with van der Waals surface area (Å²) in [6, 6.07) is 21.8. The van der Waals surface area contributed by atoms with Crippen molar-refractivity contribution in [3.8, 4) is 22.6 Å². The first-order chi connectivity index (χ1) is 19.5. The van der Waals surface area contributed by atoms with Gasteiger partial charge >= 0.3 is 11.9 Å². The molecule has 0 amide bonds. The molecule has 5 nitrogen and oxygen atoms in total. The highest BCUT2D eigenvalue weighted by Crippen LogP contribution is 2.24. The van der Waals surface area contributed by atoms with Crippen LogP contribution in [-0.4, -0.2) is 24.6 Å². The fraction of sp³-hybridized carbons (Fsp3) is 0.429. The van der Waals surface area contributed by atoms with Crippen molar-refractivity contribution in [2.75, 3.05) is 6.61 Å². The number of carbonyl (C=O) groups is 2. The third-order valence-corrected chi connectivity index (χ3v) is 6.90. The van der Waals surface area contributed by atoms with Gasteiger partial charge in [0.2, 0.25) is 0 Å². The van der Waals surface area contributed by atoms with Crippen molar-refractivity contribution in [3.05, 3.63) is 83.9 Å². The van der Waals surface area contributed by atoms with Crippen molar-refractivity contribution in [1.29, 1.82) is 0 Å². The first-order valence-electron chi connectivity index (χ1n) is 14.9. The van der Waals surface area contributed by atoms with Crippen LogP contribution in [0.5, 0.6) is 11.5 Å². The topological polar surface area (TPSA) is 61.8 Å². The fourth-order valence-corrected chi connectivity index (χ4v) is 4.43. The van der Waals surface area contributed by atoms with Crippen molar-refractivity contribution < 1.29 is 23.8 Å². The van der Waals surface area contributed by atoms with E-state index >= 15 is 0 Å². The Morgan fingerprint density at radius 2 is 1.10 bits per heavy atom. The van der Waals surface area contributed by atoms with Gasteiger partial charge in [0, 0.05) is 0 Å². The van der Waals surface area contributed by atoms with Crippen molar-refractivity contribution in [1.82, 2.24) is 0 Å². The number of esters is 2. The predicted molar refractivity (Wildman–Crippen MR) is 161 cm³/mol. The van der Waals surface area contributed by atoms with Gasteiger partial charge < -0.3 is 14.2 Å². The Kier molecular flexibility index (Phi) is 13.3. The van der Waals surface area contributed by atoms with E-state index in [1.807, 2.05) is 43.3 Å². The molecule has 0 heterocycles. The molecule has 3 rings (SSSR count). The summed E-state index contributed by atoms with van der Waals surface area (Å²) in [5.74, 6) is 0.427. The van der Waals surface area contributed by atoms with Crippen molar-refractivity contribution in [2.45, 2.75) is 91.1 Å². The second-order valence-electron chi connectivity index (χ2n) is 10.3. The average molecular weight is 545 g/mol. The molecule has 0 aromatic heterocycles. The smallest absolute Gasteiger partial charge is 0.343 e. The highest BCUT2D eigenvalue weighted by molar-refractivity contribution is 5.92. The molecule has 0 aliphatic carbocycles. The van der Waals surface area contributed by atoms with Crippen LogP contribution >= 0.6 is 0 Å². The molecule has 214 valence electrons. The van der Waals surface area contributed by atoms with Crippen LogP contribution in [0, 0.1) is 0 Å². The number of ether oxygens (including phenoxy) is 3. The van der Waals surface area contributed by atoms with Crippen LogP contribution in [0.4, 0.5) is 0 Å². The van der Waals surface area contributed by atoms with E-state index in [0.29, 0.717) is 16.9 Å². The Labute approximate surface area is 239 Å². The Hall–Kier alpha value is -3.60. The van der Waals surface area contributed by atoms with E-state index in [1.54, 1.807) is 36.4 Å². The number of carbonyl (C=O) groups excluding carboxylic acids is 2. The minimum absolute atomic E-state index is 0.124. The molecule has 0 aliphatic heterocycles. The van der Waals surface area contributed by atoms with E-state index in [2.05, 4.69) is 13.8 Å². The molecule has 0 unspecified atom stereocenters. The van der Waals surface area contributed by atoms with Gasteiger partial charge in [0.15, 0.2) is 0 Å². The van der Waals surface area contributed by atoms with Crippen LogP contribution in [0.2, 0.25) is 0 Å². The van der Waals surface area contributed by atoms with Crippen LogP contribution in [0.3, 0.4) is 0 Å². The minimum Gasteiger partial charge on any atom is -0.494 e. The number of rotatable bonds is 17. The Bertz CT molecular complexity index is 1150. The van der Waals surface area contributed by atoms with Crippen LogP contribution < -0.4 is 9.47 Å². The number of hydrogen-bond acceptors (Lipinski definition) is 5. The Morgan fingerprint density at radius 3 is 1.75 bits per heavy atom. The normalized spacial score (nSPS) is 11.6. The summed E-state index contributed by atoms with van der Waals surface area (Å²) in [6.45, 7) is 7.03. The molecule has 0 fully saturated rings. The van der Waals surface area contributed by atoms with Gasteiger partial charge in [0.25, 0.3) is 0 Å².